The van der Waals surface area contributed by atoms with E-state index in [-0.39, 0.29) is 0 Å². The van der Waals surface area contributed by atoms with Crippen LogP contribution in [0.1, 0.15) is 0 Å². The highest BCUT2D eigenvalue weighted by molar-refractivity contribution is 7.21. The van der Waals surface area contributed by atoms with E-state index in [2.05, 4.69) is 235 Å². The van der Waals surface area contributed by atoms with Crippen molar-refractivity contribution in [3.63, 3.8) is 0 Å². The summed E-state index contributed by atoms with van der Waals surface area (Å²) < 4.78 is 15.8. The summed E-state index contributed by atoms with van der Waals surface area (Å²) in [5, 5.41) is 9.80. The molecule has 3 heterocycles. The molecular formula is C60H39NO2Si. The van der Waals surface area contributed by atoms with Gasteiger partial charge >= 0.3 is 0 Å². The lowest BCUT2D eigenvalue weighted by Crippen LogP contribution is -2.76. The lowest BCUT2D eigenvalue weighted by Gasteiger charge is -2.41. The predicted octanol–water partition coefficient (Wildman–Crippen LogP) is 13.2. The molecule has 1 atom stereocenters. The van der Waals surface area contributed by atoms with E-state index in [1.165, 1.54) is 70.4 Å². The first-order chi connectivity index (χ1) is 31.7. The van der Waals surface area contributed by atoms with Gasteiger partial charge in [0, 0.05) is 32.4 Å². The summed E-state index contributed by atoms with van der Waals surface area (Å²) in [5.41, 5.74) is 12.4. The number of para-hydroxylation sites is 4. The summed E-state index contributed by atoms with van der Waals surface area (Å²) in [6.07, 6.45) is 0. The van der Waals surface area contributed by atoms with Crippen LogP contribution < -0.4 is 25.5 Å². The molecule has 0 radical (unpaired) electrons. The van der Waals surface area contributed by atoms with Crippen LogP contribution in [0.3, 0.4) is 0 Å². The Balaban J connectivity index is 1.02. The Bertz CT molecular complexity index is 3700. The van der Waals surface area contributed by atoms with E-state index in [1.54, 1.807) is 0 Å². The Morgan fingerprint density at radius 2 is 0.906 bits per heavy atom. The molecule has 0 N–H and O–H groups in total. The highest BCUT2D eigenvalue weighted by Gasteiger charge is 2.49. The Labute approximate surface area is 371 Å². The number of benzene rings is 10. The van der Waals surface area contributed by atoms with Crippen molar-refractivity contribution < 1.29 is 9.15 Å². The van der Waals surface area contributed by atoms with Crippen molar-refractivity contribution >= 4 is 72.6 Å². The van der Waals surface area contributed by atoms with Gasteiger partial charge in [-0.1, -0.05) is 182 Å². The molecule has 0 amide bonds. The van der Waals surface area contributed by atoms with Gasteiger partial charge in [-0.3, -0.25) is 0 Å². The molecule has 0 spiro atoms. The zero-order valence-electron chi connectivity index (χ0n) is 34.8. The maximum Gasteiger partial charge on any atom is 0.189 e. The van der Waals surface area contributed by atoms with Gasteiger partial charge in [-0.25, -0.2) is 0 Å². The Morgan fingerprint density at radius 3 is 1.69 bits per heavy atom. The van der Waals surface area contributed by atoms with E-state index in [4.69, 9.17) is 9.15 Å². The van der Waals surface area contributed by atoms with Crippen LogP contribution in [0, 0.1) is 0 Å². The number of nitrogens with zero attached hydrogens (tertiary/aromatic N) is 1. The number of rotatable bonds is 6. The fourth-order valence-electron chi connectivity index (χ4n) is 10.5. The molecule has 3 nitrogen and oxygen atoms in total. The van der Waals surface area contributed by atoms with Crippen molar-refractivity contribution in [3.05, 3.63) is 237 Å². The maximum absolute atomic E-state index is 7.00. The van der Waals surface area contributed by atoms with Gasteiger partial charge < -0.3 is 13.7 Å². The molecule has 12 aromatic rings. The van der Waals surface area contributed by atoms with Crippen LogP contribution in [0.15, 0.2) is 241 Å². The molecule has 0 fully saturated rings. The van der Waals surface area contributed by atoms with Crippen molar-refractivity contribution in [2.75, 3.05) is 0 Å². The molecule has 2 aromatic heterocycles. The first kappa shape index (κ1) is 36.5. The topological polar surface area (TPSA) is 27.3 Å². The Kier molecular flexibility index (Phi) is 8.23. The van der Waals surface area contributed by atoms with Gasteiger partial charge in [0.2, 0.25) is 0 Å². The minimum atomic E-state index is -3.17. The maximum atomic E-state index is 7.00. The van der Waals surface area contributed by atoms with Gasteiger partial charge in [0.05, 0.1) is 11.0 Å². The molecule has 1 aliphatic heterocycles. The van der Waals surface area contributed by atoms with Gasteiger partial charge in [0.1, 0.15) is 22.7 Å². The predicted molar refractivity (Wildman–Crippen MR) is 268 cm³/mol. The number of hydrogen-bond donors (Lipinski definition) is 0. The summed E-state index contributed by atoms with van der Waals surface area (Å²) >= 11 is 0. The molecule has 64 heavy (non-hydrogen) atoms. The first-order valence-electron chi connectivity index (χ1n) is 21.9. The van der Waals surface area contributed by atoms with Crippen molar-refractivity contribution in [1.82, 2.24) is 4.57 Å². The molecule has 0 bridgehead atoms. The average molecular weight is 834 g/mol. The lowest BCUT2D eigenvalue weighted by molar-refractivity contribution is 0.487. The van der Waals surface area contributed by atoms with E-state index < -0.39 is 8.07 Å². The van der Waals surface area contributed by atoms with Crippen LogP contribution >= 0.6 is 0 Å². The Hall–Kier alpha value is -8.18. The first-order valence-corrected chi connectivity index (χ1v) is 23.9. The fraction of sp³-hybridized carbons (Fsp3) is 0. The third-order valence-electron chi connectivity index (χ3n) is 13.4. The third-order valence-corrected chi connectivity index (χ3v) is 18.2. The van der Waals surface area contributed by atoms with E-state index >= 15 is 0 Å². The van der Waals surface area contributed by atoms with Crippen LogP contribution in [-0.2, 0) is 0 Å². The summed E-state index contributed by atoms with van der Waals surface area (Å²) in [6.45, 7) is 0. The molecule has 0 saturated carbocycles. The van der Waals surface area contributed by atoms with E-state index in [1.807, 2.05) is 6.07 Å². The highest BCUT2D eigenvalue weighted by atomic mass is 28.3. The van der Waals surface area contributed by atoms with Gasteiger partial charge in [-0.2, -0.15) is 0 Å². The van der Waals surface area contributed by atoms with Crippen LogP contribution in [0.5, 0.6) is 11.5 Å². The number of hydrogen-bond acceptors (Lipinski definition) is 2. The largest absolute Gasteiger partial charge is 0.458 e. The lowest BCUT2D eigenvalue weighted by atomic mass is 9.99. The molecule has 1 aliphatic rings. The highest BCUT2D eigenvalue weighted by Crippen LogP contribution is 2.38. The summed E-state index contributed by atoms with van der Waals surface area (Å²) in [7, 11) is -3.17. The van der Waals surface area contributed by atoms with Gasteiger partial charge in [-0.15, -0.1) is 0 Å². The van der Waals surface area contributed by atoms with Crippen LogP contribution in [0.4, 0.5) is 0 Å². The number of furan rings is 1. The zero-order chi connectivity index (χ0) is 42.2. The molecular weight excluding hydrogens is 795 g/mol. The second-order valence-electron chi connectivity index (χ2n) is 16.8. The summed E-state index contributed by atoms with van der Waals surface area (Å²) in [4.78, 5) is 0. The second kappa shape index (κ2) is 14.5. The van der Waals surface area contributed by atoms with Crippen molar-refractivity contribution in [3.8, 4) is 50.6 Å². The van der Waals surface area contributed by atoms with E-state index in [9.17, 15) is 0 Å². The average Bonchev–Trinajstić information content (AvgIpc) is 3.91. The van der Waals surface area contributed by atoms with Gasteiger partial charge in [0.25, 0.3) is 0 Å². The van der Waals surface area contributed by atoms with Crippen LogP contribution in [0.25, 0.3) is 82.8 Å². The summed E-state index contributed by atoms with van der Waals surface area (Å²) in [6, 6.07) is 86.1. The molecule has 10 aromatic carbocycles. The standard InChI is InChI=1S/C60H39NO2Si/c1-2-14-40(15-3-1)43-16-12-17-44(38-43)48-21-13-26-58-60(48)64(59-27-11-10-25-57(59)63-58,47-36-37-56-52(39-47)51-20-6-9-24-55(51)62-56)46-34-30-42(31-35-46)41-28-32-45(33-29-41)61-53-22-7-4-18-49(53)50-19-5-8-23-54(50)61/h1-39H. The van der Waals surface area contributed by atoms with Crippen LogP contribution in [0.2, 0.25) is 0 Å². The molecule has 13 rings (SSSR count). The molecule has 300 valence electrons. The van der Waals surface area contributed by atoms with Gasteiger partial charge in [0.15, 0.2) is 8.07 Å². The minimum absolute atomic E-state index is 0.887. The number of fused-ring (bicyclic) bond motifs is 8. The molecule has 0 aliphatic carbocycles. The Morgan fingerprint density at radius 1 is 0.344 bits per heavy atom. The fourth-order valence-corrected chi connectivity index (χ4v) is 15.6. The molecule has 4 heteroatoms. The van der Waals surface area contributed by atoms with E-state index in [0.29, 0.717) is 0 Å². The van der Waals surface area contributed by atoms with Crippen LogP contribution in [-0.4, -0.2) is 12.6 Å². The monoisotopic (exact) mass is 833 g/mol. The minimum Gasteiger partial charge on any atom is -0.458 e. The molecule has 0 saturated heterocycles. The summed E-state index contributed by atoms with van der Waals surface area (Å²) in [5.74, 6) is 1.80. The normalized spacial score (nSPS) is 14.4. The second-order valence-corrected chi connectivity index (χ2v) is 20.5. The van der Waals surface area contributed by atoms with Crippen molar-refractivity contribution in [2.24, 2.45) is 0 Å². The third kappa shape index (κ3) is 5.53. The molecule has 1 unspecified atom stereocenters. The van der Waals surface area contributed by atoms with Gasteiger partial charge in [-0.05, 0) is 104 Å². The van der Waals surface area contributed by atoms with Crippen molar-refractivity contribution in [2.45, 2.75) is 0 Å². The zero-order valence-corrected chi connectivity index (χ0v) is 35.8. The number of aromatic nitrogens is 1. The van der Waals surface area contributed by atoms with Crippen molar-refractivity contribution in [1.29, 1.82) is 0 Å². The quantitative estimate of drug-likeness (QED) is 0.156. The smallest absolute Gasteiger partial charge is 0.189 e. The van der Waals surface area contributed by atoms with E-state index in [0.717, 1.165) is 44.7 Å². The SMILES string of the molecule is c1ccc(-c2cccc(-c3cccc4c3[Si](c3ccc(-c5ccc(-n6c7ccccc7c7ccccc76)cc5)cc3)(c3ccc5oc6ccccc6c5c3)c3ccccc3O4)c2)cc1. The number of ether oxygens (including phenoxy) is 1.